The fourth-order valence-electron chi connectivity index (χ4n) is 2.25. The Morgan fingerprint density at radius 1 is 1.22 bits per heavy atom. The average Bonchev–Trinajstić information content (AvgIpc) is 3.06. The predicted octanol–water partition coefficient (Wildman–Crippen LogP) is 4.45. The van der Waals surface area contributed by atoms with E-state index in [1.807, 2.05) is 48.5 Å². The summed E-state index contributed by atoms with van der Waals surface area (Å²) in [6.07, 6.45) is 4.23. The van der Waals surface area contributed by atoms with E-state index in [1.165, 1.54) is 5.56 Å². The number of nitrogens with one attached hydrogen (secondary N) is 1. The molecular weight excluding hydrogens is 354 g/mol. The third-order valence-electron chi connectivity index (χ3n) is 3.53. The second-order valence-electron chi connectivity index (χ2n) is 5.16. The Labute approximate surface area is 143 Å². The van der Waals surface area contributed by atoms with Gasteiger partial charge in [0, 0.05) is 16.4 Å². The highest BCUT2D eigenvalue weighted by molar-refractivity contribution is 9.10. The molecule has 1 N–H and O–H groups in total. The van der Waals surface area contributed by atoms with Gasteiger partial charge in [-0.1, -0.05) is 35.0 Å². The quantitative estimate of drug-likeness (QED) is 0.738. The molecule has 116 valence electrons. The van der Waals surface area contributed by atoms with Crippen molar-refractivity contribution in [2.45, 2.75) is 13.3 Å². The molecule has 0 bridgehead atoms. The van der Waals surface area contributed by atoms with Crippen molar-refractivity contribution in [1.29, 1.82) is 0 Å². The first-order valence-electron chi connectivity index (χ1n) is 7.36. The van der Waals surface area contributed by atoms with Gasteiger partial charge in [-0.25, -0.2) is 4.68 Å². The van der Waals surface area contributed by atoms with Gasteiger partial charge in [0.2, 0.25) is 0 Å². The Hall–Kier alpha value is -2.40. The van der Waals surface area contributed by atoms with Crippen molar-refractivity contribution in [3.8, 4) is 5.69 Å². The molecule has 2 aromatic carbocycles. The van der Waals surface area contributed by atoms with E-state index in [1.54, 1.807) is 17.1 Å². The van der Waals surface area contributed by atoms with Gasteiger partial charge >= 0.3 is 0 Å². The zero-order valence-electron chi connectivity index (χ0n) is 12.7. The monoisotopic (exact) mass is 369 g/mol. The van der Waals surface area contributed by atoms with E-state index in [4.69, 9.17) is 0 Å². The third-order valence-corrected chi connectivity index (χ3v) is 4.06. The molecule has 0 unspecified atom stereocenters. The minimum absolute atomic E-state index is 0.165. The van der Waals surface area contributed by atoms with Crippen molar-refractivity contribution in [3.05, 3.63) is 76.5 Å². The largest absolute Gasteiger partial charge is 0.322 e. The highest BCUT2D eigenvalue weighted by atomic mass is 79.9. The first-order valence-corrected chi connectivity index (χ1v) is 8.16. The molecule has 0 atom stereocenters. The number of amides is 1. The van der Waals surface area contributed by atoms with E-state index < -0.39 is 0 Å². The number of carbonyl (C=O) groups is 1. The number of aryl methyl sites for hydroxylation is 1. The van der Waals surface area contributed by atoms with Crippen LogP contribution in [-0.4, -0.2) is 15.7 Å². The van der Waals surface area contributed by atoms with Crippen LogP contribution in [0.1, 0.15) is 22.8 Å². The van der Waals surface area contributed by atoms with Crippen LogP contribution in [-0.2, 0) is 6.42 Å². The molecule has 0 aliphatic heterocycles. The Kier molecular flexibility index (Phi) is 4.57. The van der Waals surface area contributed by atoms with E-state index in [0.29, 0.717) is 5.56 Å². The number of hydrogen-bond acceptors (Lipinski definition) is 2. The van der Waals surface area contributed by atoms with Gasteiger partial charge in [0.15, 0.2) is 0 Å². The molecule has 3 rings (SSSR count). The van der Waals surface area contributed by atoms with E-state index in [0.717, 1.165) is 22.3 Å². The summed E-state index contributed by atoms with van der Waals surface area (Å²) < 4.78 is 2.69. The van der Waals surface area contributed by atoms with Crippen LogP contribution in [0.3, 0.4) is 0 Å². The Morgan fingerprint density at radius 3 is 2.74 bits per heavy atom. The van der Waals surface area contributed by atoms with Gasteiger partial charge in [0.25, 0.3) is 5.91 Å². The molecule has 0 saturated heterocycles. The molecule has 4 nitrogen and oxygen atoms in total. The molecule has 5 heteroatoms. The maximum absolute atomic E-state index is 12.3. The summed E-state index contributed by atoms with van der Waals surface area (Å²) in [7, 11) is 0. The smallest absolute Gasteiger partial charge is 0.258 e. The molecule has 23 heavy (non-hydrogen) atoms. The zero-order valence-corrected chi connectivity index (χ0v) is 14.2. The number of nitrogens with zero attached hydrogens (tertiary/aromatic N) is 2. The molecule has 0 saturated carbocycles. The molecule has 0 aliphatic carbocycles. The van der Waals surface area contributed by atoms with Gasteiger partial charge in [0.05, 0.1) is 17.4 Å². The lowest BCUT2D eigenvalue weighted by Crippen LogP contribution is -2.11. The molecule has 0 radical (unpaired) electrons. The SMILES string of the molecule is CCc1cccc(NC(=O)c2cnn(-c3ccc(Br)cc3)c2)c1. The molecule has 0 fully saturated rings. The van der Waals surface area contributed by atoms with Crippen LogP contribution < -0.4 is 5.32 Å². The van der Waals surface area contributed by atoms with Crippen molar-refractivity contribution < 1.29 is 4.79 Å². The summed E-state index contributed by atoms with van der Waals surface area (Å²) in [4.78, 5) is 12.3. The highest BCUT2D eigenvalue weighted by Gasteiger charge is 2.10. The zero-order chi connectivity index (χ0) is 16.2. The lowest BCUT2D eigenvalue weighted by Gasteiger charge is -2.05. The summed E-state index contributed by atoms with van der Waals surface area (Å²) in [5.74, 6) is -0.165. The van der Waals surface area contributed by atoms with Crippen LogP contribution in [0, 0.1) is 0 Å². The van der Waals surface area contributed by atoms with E-state index in [-0.39, 0.29) is 5.91 Å². The fourth-order valence-corrected chi connectivity index (χ4v) is 2.51. The Balaban J connectivity index is 1.76. The number of rotatable bonds is 4. The summed E-state index contributed by atoms with van der Waals surface area (Å²) >= 11 is 3.40. The molecule has 1 aromatic heterocycles. The van der Waals surface area contributed by atoms with Gasteiger partial charge in [-0.3, -0.25) is 4.79 Å². The van der Waals surface area contributed by atoms with Crippen LogP contribution in [0.2, 0.25) is 0 Å². The summed E-state index contributed by atoms with van der Waals surface area (Å²) in [5.41, 5.74) is 3.41. The van der Waals surface area contributed by atoms with Crippen molar-refractivity contribution >= 4 is 27.5 Å². The van der Waals surface area contributed by atoms with Crippen molar-refractivity contribution in [2.24, 2.45) is 0 Å². The fraction of sp³-hybridized carbons (Fsp3) is 0.111. The Bertz CT molecular complexity index is 824. The molecule has 1 amide bonds. The first kappa shape index (κ1) is 15.5. The van der Waals surface area contributed by atoms with Crippen LogP contribution >= 0.6 is 15.9 Å². The van der Waals surface area contributed by atoms with E-state index in [2.05, 4.69) is 33.3 Å². The van der Waals surface area contributed by atoms with Crippen molar-refractivity contribution in [1.82, 2.24) is 9.78 Å². The maximum Gasteiger partial charge on any atom is 0.258 e. The topological polar surface area (TPSA) is 46.9 Å². The van der Waals surface area contributed by atoms with Gasteiger partial charge in [-0.2, -0.15) is 5.10 Å². The molecule has 1 heterocycles. The normalized spacial score (nSPS) is 10.5. The molecule has 0 aliphatic rings. The first-order chi connectivity index (χ1) is 11.2. The summed E-state index contributed by atoms with van der Waals surface area (Å²) in [6.45, 7) is 2.09. The number of anilines is 1. The molecule has 0 spiro atoms. The maximum atomic E-state index is 12.3. The second-order valence-corrected chi connectivity index (χ2v) is 6.07. The van der Waals surface area contributed by atoms with Gasteiger partial charge in [-0.15, -0.1) is 0 Å². The highest BCUT2D eigenvalue weighted by Crippen LogP contribution is 2.15. The molecule has 3 aromatic rings. The number of aromatic nitrogens is 2. The van der Waals surface area contributed by atoms with E-state index >= 15 is 0 Å². The number of benzene rings is 2. The third kappa shape index (κ3) is 3.68. The average molecular weight is 370 g/mol. The van der Waals surface area contributed by atoms with Crippen LogP contribution in [0.25, 0.3) is 5.69 Å². The lowest BCUT2D eigenvalue weighted by molar-refractivity contribution is 0.102. The standard InChI is InChI=1S/C18H16BrN3O/c1-2-13-4-3-5-16(10-13)21-18(23)14-11-20-22(12-14)17-8-6-15(19)7-9-17/h3-12H,2H2,1H3,(H,21,23). The van der Waals surface area contributed by atoms with Crippen LogP contribution in [0.4, 0.5) is 5.69 Å². The van der Waals surface area contributed by atoms with E-state index in [9.17, 15) is 4.79 Å². The number of carbonyl (C=O) groups excluding carboxylic acids is 1. The van der Waals surface area contributed by atoms with Crippen molar-refractivity contribution in [2.75, 3.05) is 5.32 Å². The van der Waals surface area contributed by atoms with Gasteiger partial charge < -0.3 is 5.32 Å². The predicted molar refractivity (Wildman–Crippen MR) is 95.0 cm³/mol. The van der Waals surface area contributed by atoms with Gasteiger partial charge in [-0.05, 0) is 48.4 Å². The van der Waals surface area contributed by atoms with Gasteiger partial charge in [0.1, 0.15) is 0 Å². The minimum atomic E-state index is -0.165. The minimum Gasteiger partial charge on any atom is -0.322 e. The van der Waals surface area contributed by atoms with Crippen LogP contribution in [0.15, 0.2) is 65.4 Å². The number of halogens is 1. The Morgan fingerprint density at radius 2 is 2.00 bits per heavy atom. The molecular formula is C18H16BrN3O. The summed E-state index contributed by atoms with van der Waals surface area (Å²) in [5, 5.41) is 7.16. The number of hydrogen-bond donors (Lipinski definition) is 1. The summed E-state index contributed by atoms with van der Waals surface area (Å²) in [6, 6.07) is 15.6. The second kappa shape index (κ2) is 6.79. The lowest BCUT2D eigenvalue weighted by atomic mass is 10.1. The van der Waals surface area contributed by atoms with Crippen molar-refractivity contribution in [3.63, 3.8) is 0 Å². The van der Waals surface area contributed by atoms with Crippen LogP contribution in [0.5, 0.6) is 0 Å².